The van der Waals surface area contributed by atoms with E-state index in [0.29, 0.717) is 57.4 Å². The lowest BCUT2D eigenvalue weighted by molar-refractivity contribution is -0.138. The van der Waals surface area contributed by atoms with Gasteiger partial charge in [-0.3, -0.25) is 9.59 Å². The SMILES string of the molecule is COc1ccc(C(=O)C2CCN(C(=O)C3CCN(C(=O)OC(C)(C)C)CC3)CC2)cc1. The first-order chi connectivity index (χ1) is 14.7. The molecule has 2 fully saturated rings. The lowest BCUT2D eigenvalue weighted by Gasteiger charge is -2.37. The number of ether oxygens (including phenoxy) is 2. The van der Waals surface area contributed by atoms with Crippen LogP contribution in [0.5, 0.6) is 5.75 Å². The Morgan fingerprint density at radius 2 is 1.35 bits per heavy atom. The van der Waals surface area contributed by atoms with Gasteiger partial charge in [0.2, 0.25) is 5.91 Å². The number of methoxy groups -OCH3 is 1. The Labute approximate surface area is 184 Å². The molecule has 0 unspecified atom stereocenters. The van der Waals surface area contributed by atoms with Crippen molar-refractivity contribution in [1.82, 2.24) is 9.80 Å². The second kappa shape index (κ2) is 9.71. The van der Waals surface area contributed by atoms with Gasteiger partial charge in [0, 0.05) is 43.6 Å². The number of amides is 2. The van der Waals surface area contributed by atoms with Crippen molar-refractivity contribution >= 4 is 17.8 Å². The molecule has 0 saturated carbocycles. The minimum absolute atomic E-state index is 0.0496. The van der Waals surface area contributed by atoms with Crippen molar-refractivity contribution in [2.45, 2.75) is 52.1 Å². The van der Waals surface area contributed by atoms with Gasteiger partial charge in [-0.05, 0) is 70.7 Å². The monoisotopic (exact) mass is 430 g/mol. The zero-order valence-corrected chi connectivity index (χ0v) is 19.1. The molecular weight excluding hydrogens is 396 g/mol. The summed E-state index contributed by atoms with van der Waals surface area (Å²) in [6.45, 7) is 7.85. The van der Waals surface area contributed by atoms with Crippen molar-refractivity contribution in [1.29, 1.82) is 0 Å². The molecule has 0 N–H and O–H groups in total. The summed E-state index contributed by atoms with van der Waals surface area (Å²) in [6.07, 6.45) is 2.38. The van der Waals surface area contributed by atoms with Crippen LogP contribution in [-0.4, -0.2) is 66.5 Å². The molecule has 2 saturated heterocycles. The van der Waals surface area contributed by atoms with Crippen LogP contribution < -0.4 is 4.74 Å². The van der Waals surface area contributed by atoms with Crippen molar-refractivity contribution in [2.75, 3.05) is 33.3 Å². The topological polar surface area (TPSA) is 76.2 Å². The van der Waals surface area contributed by atoms with E-state index in [0.717, 1.165) is 5.75 Å². The zero-order valence-electron chi connectivity index (χ0n) is 19.1. The van der Waals surface area contributed by atoms with E-state index in [1.165, 1.54) is 0 Å². The van der Waals surface area contributed by atoms with E-state index in [2.05, 4.69) is 0 Å². The van der Waals surface area contributed by atoms with Crippen LogP contribution in [0.2, 0.25) is 0 Å². The smallest absolute Gasteiger partial charge is 0.410 e. The van der Waals surface area contributed by atoms with Crippen LogP contribution in [0.3, 0.4) is 0 Å². The summed E-state index contributed by atoms with van der Waals surface area (Å²) >= 11 is 0. The lowest BCUT2D eigenvalue weighted by atomic mass is 9.87. The maximum atomic E-state index is 13.0. The number of carbonyl (C=O) groups is 3. The Bertz CT molecular complexity index is 783. The minimum Gasteiger partial charge on any atom is -0.497 e. The number of rotatable bonds is 4. The summed E-state index contributed by atoms with van der Waals surface area (Å²) in [4.78, 5) is 41.5. The third-order valence-electron chi connectivity index (χ3n) is 6.05. The molecule has 7 nitrogen and oxygen atoms in total. The molecule has 0 bridgehead atoms. The third-order valence-corrected chi connectivity index (χ3v) is 6.05. The summed E-state index contributed by atoms with van der Waals surface area (Å²) in [5.41, 5.74) is 0.178. The molecule has 2 aliphatic heterocycles. The van der Waals surface area contributed by atoms with Gasteiger partial charge in [-0.2, -0.15) is 0 Å². The fourth-order valence-electron chi connectivity index (χ4n) is 4.25. The van der Waals surface area contributed by atoms with E-state index >= 15 is 0 Å². The quantitative estimate of drug-likeness (QED) is 0.680. The molecule has 0 aromatic heterocycles. The molecule has 170 valence electrons. The molecule has 2 heterocycles. The van der Waals surface area contributed by atoms with Gasteiger partial charge in [-0.1, -0.05) is 0 Å². The van der Waals surface area contributed by atoms with Gasteiger partial charge in [-0.15, -0.1) is 0 Å². The number of hydrogen-bond acceptors (Lipinski definition) is 5. The molecule has 1 aromatic carbocycles. The van der Waals surface area contributed by atoms with Crippen molar-refractivity contribution in [3.8, 4) is 5.75 Å². The Morgan fingerprint density at radius 3 is 1.87 bits per heavy atom. The largest absolute Gasteiger partial charge is 0.497 e. The summed E-state index contributed by atoms with van der Waals surface area (Å²) < 4.78 is 10.6. The number of likely N-dealkylation sites (tertiary alicyclic amines) is 2. The Hall–Kier alpha value is -2.57. The van der Waals surface area contributed by atoms with Crippen LogP contribution in [0.25, 0.3) is 0 Å². The number of nitrogens with zero attached hydrogens (tertiary/aromatic N) is 2. The number of hydrogen-bond donors (Lipinski definition) is 0. The molecule has 0 radical (unpaired) electrons. The Morgan fingerprint density at radius 1 is 0.839 bits per heavy atom. The molecular formula is C24H34N2O5. The average molecular weight is 431 g/mol. The average Bonchev–Trinajstić information content (AvgIpc) is 2.77. The first-order valence-corrected chi connectivity index (χ1v) is 11.1. The van der Waals surface area contributed by atoms with Gasteiger partial charge in [0.15, 0.2) is 5.78 Å². The van der Waals surface area contributed by atoms with Crippen LogP contribution in [0.1, 0.15) is 56.8 Å². The molecule has 3 rings (SSSR count). The zero-order chi connectivity index (χ0) is 22.6. The minimum atomic E-state index is -0.517. The summed E-state index contributed by atoms with van der Waals surface area (Å²) in [7, 11) is 1.60. The van der Waals surface area contributed by atoms with Crippen LogP contribution in [0, 0.1) is 11.8 Å². The van der Waals surface area contributed by atoms with Crippen molar-refractivity contribution in [3.63, 3.8) is 0 Å². The van der Waals surface area contributed by atoms with E-state index < -0.39 is 5.60 Å². The van der Waals surface area contributed by atoms with E-state index in [1.807, 2.05) is 25.7 Å². The third kappa shape index (κ3) is 5.99. The predicted molar refractivity (Wildman–Crippen MR) is 117 cm³/mol. The van der Waals surface area contributed by atoms with Gasteiger partial charge < -0.3 is 19.3 Å². The highest BCUT2D eigenvalue weighted by atomic mass is 16.6. The highest BCUT2D eigenvalue weighted by Gasteiger charge is 2.34. The normalized spacial score (nSPS) is 18.6. The lowest BCUT2D eigenvalue weighted by Crippen LogP contribution is -2.47. The molecule has 31 heavy (non-hydrogen) atoms. The molecule has 7 heteroatoms. The Balaban J connectivity index is 1.46. The fourth-order valence-corrected chi connectivity index (χ4v) is 4.25. The maximum Gasteiger partial charge on any atom is 0.410 e. The molecule has 1 aromatic rings. The van der Waals surface area contributed by atoms with Crippen LogP contribution in [-0.2, 0) is 9.53 Å². The second-order valence-corrected chi connectivity index (χ2v) is 9.43. The molecule has 2 amide bonds. The van der Waals surface area contributed by atoms with Gasteiger partial charge in [0.25, 0.3) is 0 Å². The van der Waals surface area contributed by atoms with Gasteiger partial charge in [0.1, 0.15) is 11.4 Å². The van der Waals surface area contributed by atoms with Gasteiger partial charge in [0.05, 0.1) is 7.11 Å². The second-order valence-electron chi connectivity index (χ2n) is 9.43. The van der Waals surface area contributed by atoms with Crippen molar-refractivity contribution in [3.05, 3.63) is 29.8 Å². The van der Waals surface area contributed by atoms with E-state index in [-0.39, 0.29) is 29.6 Å². The predicted octanol–water partition coefficient (Wildman–Crippen LogP) is 3.76. The highest BCUT2D eigenvalue weighted by Crippen LogP contribution is 2.27. The van der Waals surface area contributed by atoms with Crippen LogP contribution in [0.4, 0.5) is 4.79 Å². The molecule has 0 aliphatic carbocycles. The Kier molecular flexibility index (Phi) is 7.23. The summed E-state index contributed by atoms with van der Waals surface area (Å²) in [6, 6.07) is 7.21. The van der Waals surface area contributed by atoms with Gasteiger partial charge >= 0.3 is 6.09 Å². The summed E-state index contributed by atoms with van der Waals surface area (Å²) in [5.74, 6) is 0.910. The van der Waals surface area contributed by atoms with E-state index in [1.54, 1.807) is 36.3 Å². The molecule has 0 spiro atoms. The van der Waals surface area contributed by atoms with E-state index in [9.17, 15) is 14.4 Å². The molecule has 0 atom stereocenters. The number of piperidine rings is 2. The highest BCUT2D eigenvalue weighted by molar-refractivity contribution is 5.98. The number of ketones is 1. The van der Waals surface area contributed by atoms with Gasteiger partial charge in [-0.25, -0.2) is 4.79 Å². The van der Waals surface area contributed by atoms with Crippen LogP contribution in [0.15, 0.2) is 24.3 Å². The first-order valence-electron chi connectivity index (χ1n) is 11.1. The van der Waals surface area contributed by atoms with Crippen LogP contribution >= 0.6 is 0 Å². The first kappa shape index (κ1) is 23.1. The maximum absolute atomic E-state index is 13.0. The number of benzene rings is 1. The molecule has 2 aliphatic rings. The van der Waals surface area contributed by atoms with Crippen molar-refractivity contribution in [2.24, 2.45) is 11.8 Å². The standard InChI is InChI=1S/C24H34N2O5/c1-24(2,3)31-23(29)26-15-11-19(12-16-26)22(28)25-13-9-18(10-14-25)21(27)17-5-7-20(30-4)8-6-17/h5-8,18-19H,9-16H2,1-4H3. The number of carbonyl (C=O) groups excluding carboxylic acids is 3. The summed E-state index contributed by atoms with van der Waals surface area (Å²) in [5, 5.41) is 0. The fraction of sp³-hybridized carbons (Fsp3) is 0.625. The van der Waals surface area contributed by atoms with Crippen molar-refractivity contribution < 1.29 is 23.9 Å². The number of Topliss-reactive ketones (excluding diaryl/α,β-unsaturated/α-hetero) is 1. The van der Waals surface area contributed by atoms with E-state index in [4.69, 9.17) is 9.47 Å².